The minimum atomic E-state index is -0.328. The van der Waals surface area contributed by atoms with Gasteiger partial charge in [0.25, 0.3) is 0 Å². The standard InChI is InChI=1S/C23H25NO5/c1-14-9-21(25)29-23-15(2)22-17(11-18(14)23)12-24(13-28-22)8-7-16-5-6-19(26-3)20(10-16)27-4/h5-6,9-11H,7-8,12-13H2,1-4H3. The molecule has 4 rings (SSSR count). The molecule has 2 heterocycles. The van der Waals surface area contributed by atoms with Gasteiger partial charge in [-0.15, -0.1) is 0 Å². The lowest BCUT2D eigenvalue weighted by molar-refractivity contribution is 0.0959. The molecule has 0 bridgehead atoms. The van der Waals surface area contributed by atoms with Crippen molar-refractivity contribution in [3.63, 3.8) is 0 Å². The van der Waals surface area contributed by atoms with Crippen molar-refractivity contribution in [1.29, 1.82) is 0 Å². The highest BCUT2D eigenvalue weighted by Crippen LogP contribution is 2.35. The van der Waals surface area contributed by atoms with E-state index in [2.05, 4.69) is 17.0 Å². The Labute approximate surface area is 169 Å². The molecular formula is C23H25NO5. The zero-order valence-corrected chi connectivity index (χ0v) is 17.2. The van der Waals surface area contributed by atoms with E-state index in [1.807, 2.05) is 26.0 Å². The summed E-state index contributed by atoms with van der Waals surface area (Å²) in [6, 6.07) is 9.62. The number of hydrogen-bond acceptors (Lipinski definition) is 6. The summed E-state index contributed by atoms with van der Waals surface area (Å²) < 4.78 is 22.2. The molecule has 29 heavy (non-hydrogen) atoms. The third-order valence-corrected chi connectivity index (χ3v) is 5.45. The van der Waals surface area contributed by atoms with Crippen LogP contribution in [0.2, 0.25) is 0 Å². The van der Waals surface area contributed by atoms with Gasteiger partial charge in [0.2, 0.25) is 0 Å². The molecule has 0 unspecified atom stereocenters. The predicted octanol–water partition coefficient (Wildman–Crippen LogP) is 3.82. The van der Waals surface area contributed by atoms with Gasteiger partial charge in [0, 0.05) is 35.7 Å². The normalized spacial score (nSPS) is 13.8. The fourth-order valence-corrected chi connectivity index (χ4v) is 3.89. The Bertz CT molecular complexity index is 1120. The minimum absolute atomic E-state index is 0.328. The lowest BCUT2D eigenvalue weighted by Gasteiger charge is -2.30. The van der Waals surface area contributed by atoms with Gasteiger partial charge >= 0.3 is 5.63 Å². The van der Waals surface area contributed by atoms with Crippen molar-refractivity contribution in [2.24, 2.45) is 0 Å². The highest BCUT2D eigenvalue weighted by atomic mass is 16.5. The van der Waals surface area contributed by atoms with E-state index in [0.717, 1.165) is 58.8 Å². The molecular weight excluding hydrogens is 370 g/mol. The Morgan fingerprint density at radius 3 is 2.62 bits per heavy atom. The third kappa shape index (κ3) is 3.68. The Kier molecular flexibility index (Phi) is 5.20. The zero-order chi connectivity index (χ0) is 20.5. The molecule has 0 fully saturated rings. The Morgan fingerprint density at radius 2 is 1.86 bits per heavy atom. The monoisotopic (exact) mass is 395 g/mol. The van der Waals surface area contributed by atoms with Crippen LogP contribution in [0.5, 0.6) is 17.2 Å². The molecule has 0 saturated carbocycles. The van der Waals surface area contributed by atoms with Crippen LogP contribution in [0, 0.1) is 13.8 Å². The maximum Gasteiger partial charge on any atom is 0.336 e. The van der Waals surface area contributed by atoms with Crippen LogP contribution in [0.15, 0.2) is 39.5 Å². The van der Waals surface area contributed by atoms with Crippen molar-refractivity contribution in [1.82, 2.24) is 4.90 Å². The van der Waals surface area contributed by atoms with Crippen LogP contribution in [0.25, 0.3) is 11.0 Å². The first-order valence-corrected chi connectivity index (χ1v) is 9.63. The first-order chi connectivity index (χ1) is 14.0. The number of aryl methyl sites for hydroxylation is 2. The topological polar surface area (TPSA) is 61.1 Å². The third-order valence-electron chi connectivity index (χ3n) is 5.45. The van der Waals surface area contributed by atoms with E-state index in [1.54, 1.807) is 14.2 Å². The summed E-state index contributed by atoms with van der Waals surface area (Å²) >= 11 is 0. The Morgan fingerprint density at radius 1 is 1.07 bits per heavy atom. The molecule has 0 spiro atoms. The van der Waals surface area contributed by atoms with Crippen molar-refractivity contribution >= 4 is 11.0 Å². The van der Waals surface area contributed by atoms with Crippen LogP contribution in [-0.4, -0.2) is 32.4 Å². The van der Waals surface area contributed by atoms with Gasteiger partial charge in [-0.25, -0.2) is 4.79 Å². The summed E-state index contributed by atoms with van der Waals surface area (Å²) in [5.41, 5.74) is 4.40. The second-order valence-corrected chi connectivity index (χ2v) is 7.38. The molecule has 6 heteroatoms. The highest BCUT2D eigenvalue weighted by Gasteiger charge is 2.22. The maximum atomic E-state index is 11.8. The molecule has 0 N–H and O–H groups in total. The lowest BCUT2D eigenvalue weighted by atomic mass is 10.0. The van der Waals surface area contributed by atoms with Crippen LogP contribution in [-0.2, 0) is 13.0 Å². The van der Waals surface area contributed by atoms with Gasteiger partial charge < -0.3 is 18.6 Å². The summed E-state index contributed by atoms with van der Waals surface area (Å²) in [6.07, 6.45) is 0.875. The van der Waals surface area contributed by atoms with Crippen LogP contribution < -0.4 is 19.8 Å². The molecule has 0 atom stereocenters. The number of ether oxygens (including phenoxy) is 3. The Balaban J connectivity index is 1.54. The van der Waals surface area contributed by atoms with E-state index in [1.165, 1.54) is 11.6 Å². The molecule has 2 aromatic carbocycles. The molecule has 1 aliphatic rings. The van der Waals surface area contributed by atoms with E-state index >= 15 is 0 Å². The molecule has 0 amide bonds. The second-order valence-electron chi connectivity index (χ2n) is 7.38. The van der Waals surface area contributed by atoms with Crippen LogP contribution in [0.3, 0.4) is 0 Å². The quantitative estimate of drug-likeness (QED) is 0.612. The molecule has 152 valence electrons. The van der Waals surface area contributed by atoms with Crippen LogP contribution >= 0.6 is 0 Å². The van der Waals surface area contributed by atoms with Gasteiger partial charge in [-0.1, -0.05) is 6.07 Å². The summed E-state index contributed by atoms with van der Waals surface area (Å²) in [5, 5.41) is 0.964. The molecule has 0 saturated heterocycles. The number of fused-ring (bicyclic) bond motifs is 2. The lowest BCUT2D eigenvalue weighted by Crippen LogP contribution is -2.34. The number of methoxy groups -OCH3 is 2. The fraction of sp³-hybridized carbons (Fsp3) is 0.348. The predicted molar refractivity (Wildman–Crippen MR) is 111 cm³/mol. The first-order valence-electron chi connectivity index (χ1n) is 9.63. The number of rotatable bonds is 5. The molecule has 0 radical (unpaired) electrons. The summed E-state index contributed by atoms with van der Waals surface area (Å²) in [4.78, 5) is 14.0. The highest BCUT2D eigenvalue weighted by molar-refractivity contribution is 5.86. The summed E-state index contributed by atoms with van der Waals surface area (Å²) in [7, 11) is 3.28. The van der Waals surface area contributed by atoms with E-state index in [0.29, 0.717) is 12.3 Å². The van der Waals surface area contributed by atoms with E-state index in [-0.39, 0.29) is 5.63 Å². The fourth-order valence-electron chi connectivity index (χ4n) is 3.89. The van der Waals surface area contributed by atoms with Crippen molar-refractivity contribution in [2.45, 2.75) is 26.8 Å². The maximum absolute atomic E-state index is 11.8. The SMILES string of the molecule is COc1ccc(CCN2COc3c(cc4c(C)cc(=O)oc4c3C)C2)cc1OC. The van der Waals surface area contributed by atoms with Gasteiger partial charge in [-0.3, -0.25) is 4.90 Å². The van der Waals surface area contributed by atoms with E-state index in [4.69, 9.17) is 18.6 Å². The largest absolute Gasteiger partial charge is 0.493 e. The van der Waals surface area contributed by atoms with E-state index in [9.17, 15) is 4.79 Å². The van der Waals surface area contributed by atoms with Crippen molar-refractivity contribution in [3.05, 3.63) is 63.0 Å². The number of benzene rings is 2. The van der Waals surface area contributed by atoms with Gasteiger partial charge in [0.15, 0.2) is 11.5 Å². The molecule has 1 aromatic heterocycles. The van der Waals surface area contributed by atoms with Gasteiger partial charge in [-0.05, 0) is 49.6 Å². The van der Waals surface area contributed by atoms with Crippen molar-refractivity contribution < 1.29 is 18.6 Å². The number of nitrogens with zero attached hydrogens (tertiary/aromatic N) is 1. The molecule has 3 aromatic rings. The average Bonchev–Trinajstić information content (AvgIpc) is 2.73. The van der Waals surface area contributed by atoms with Gasteiger partial charge in [0.1, 0.15) is 18.1 Å². The van der Waals surface area contributed by atoms with Gasteiger partial charge in [-0.2, -0.15) is 0 Å². The van der Waals surface area contributed by atoms with E-state index < -0.39 is 0 Å². The van der Waals surface area contributed by atoms with Crippen molar-refractivity contribution in [2.75, 3.05) is 27.5 Å². The zero-order valence-electron chi connectivity index (χ0n) is 17.2. The van der Waals surface area contributed by atoms with Crippen LogP contribution in [0.4, 0.5) is 0 Å². The van der Waals surface area contributed by atoms with Gasteiger partial charge in [0.05, 0.1) is 14.2 Å². The summed E-state index contributed by atoms with van der Waals surface area (Å²) in [6.45, 7) is 6.03. The Hall–Kier alpha value is -2.99. The summed E-state index contributed by atoms with van der Waals surface area (Å²) in [5.74, 6) is 2.30. The number of hydrogen-bond donors (Lipinski definition) is 0. The first kappa shape index (κ1) is 19.3. The second kappa shape index (κ2) is 7.79. The minimum Gasteiger partial charge on any atom is -0.493 e. The van der Waals surface area contributed by atoms with Crippen molar-refractivity contribution in [3.8, 4) is 17.2 Å². The molecule has 0 aliphatic carbocycles. The molecule has 6 nitrogen and oxygen atoms in total. The average molecular weight is 395 g/mol. The van der Waals surface area contributed by atoms with Crippen LogP contribution in [0.1, 0.15) is 22.3 Å². The molecule has 1 aliphatic heterocycles. The smallest absolute Gasteiger partial charge is 0.336 e.